The molecule has 1 N–H and O–H groups in total. The van der Waals surface area contributed by atoms with Gasteiger partial charge in [0.1, 0.15) is 6.04 Å². The Morgan fingerprint density at radius 1 is 1.09 bits per heavy atom. The van der Waals surface area contributed by atoms with E-state index in [1.807, 2.05) is 6.92 Å². The van der Waals surface area contributed by atoms with Crippen LogP contribution in [-0.4, -0.2) is 66.7 Å². The van der Waals surface area contributed by atoms with E-state index >= 15 is 0 Å². The second-order valence-electron chi connectivity index (χ2n) is 6.00. The summed E-state index contributed by atoms with van der Waals surface area (Å²) in [5, 5.41) is 9.39. The quantitative estimate of drug-likeness (QED) is 0.616. The lowest BCUT2D eigenvalue weighted by atomic mass is 10.1. The number of carboxylic acids is 1. The van der Waals surface area contributed by atoms with Crippen LogP contribution < -0.4 is 0 Å². The molecule has 0 radical (unpaired) electrons. The minimum Gasteiger partial charge on any atom is -0.480 e. The largest absolute Gasteiger partial charge is 0.480 e. The standard InChI is InChI=1S/C15H30N2O4S/c1-3-5-7-8-9-16-10-11-17(14(13-16)15(18)19)22(20,21)12-6-4-2/h14H,3-13H2,1-2H3,(H,18,19). The third-order valence-corrected chi connectivity index (χ3v) is 6.10. The molecule has 1 aliphatic heterocycles. The highest BCUT2D eigenvalue weighted by Crippen LogP contribution is 2.17. The molecule has 1 fully saturated rings. The molecule has 0 aromatic rings. The van der Waals surface area contributed by atoms with Crippen LogP contribution in [0, 0.1) is 0 Å². The van der Waals surface area contributed by atoms with Crippen molar-refractivity contribution in [3.8, 4) is 0 Å². The summed E-state index contributed by atoms with van der Waals surface area (Å²) in [6, 6.07) is -0.943. The van der Waals surface area contributed by atoms with Crippen LogP contribution in [0.15, 0.2) is 0 Å². The summed E-state index contributed by atoms with van der Waals surface area (Å²) >= 11 is 0. The molecule has 1 saturated heterocycles. The fourth-order valence-electron chi connectivity index (χ4n) is 2.77. The Kier molecular flexibility index (Phi) is 8.35. The molecule has 22 heavy (non-hydrogen) atoms. The van der Waals surface area contributed by atoms with Crippen molar-refractivity contribution in [2.45, 2.75) is 58.4 Å². The topological polar surface area (TPSA) is 77.9 Å². The van der Waals surface area contributed by atoms with E-state index in [0.717, 1.165) is 25.8 Å². The van der Waals surface area contributed by atoms with Gasteiger partial charge in [0.05, 0.1) is 5.75 Å². The number of carbonyl (C=O) groups is 1. The Morgan fingerprint density at radius 2 is 1.77 bits per heavy atom. The number of sulfonamides is 1. The molecule has 1 aliphatic rings. The van der Waals surface area contributed by atoms with E-state index in [9.17, 15) is 18.3 Å². The van der Waals surface area contributed by atoms with E-state index in [1.165, 1.54) is 17.1 Å². The SMILES string of the molecule is CCCCCCN1CCN(S(=O)(=O)CCCC)C(C(=O)O)C1. The fraction of sp³-hybridized carbons (Fsp3) is 0.933. The van der Waals surface area contributed by atoms with E-state index in [0.29, 0.717) is 19.5 Å². The summed E-state index contributed by atoms with van der Waals surface area (Å²) in [5.74, 6) is -0.998. The first-order valence-corrected chi connectivity index (χ1v) is 9.98. The molecule has 0 bridgehead atoms. The fourth-order valence-corrected chi connectivity index (χ4v) is 4.56. The molecule has 1 rings (SSSR count). The molecule has 0 saturated carbocycles. The van der Waals surface area contributed by atoms with Crippen molar-refractivity contribution in [3.63, 3.8) is 0 Å². The number of nitrogens with zero attached hydrogens (tertiary/aromatic N) is 2. The summed E-state index contributed by atoms with van der Waals surface area (Å²) in [4.78, 5) is 13.6. The van der Waals surface area contributed by atoms with Crippen LogP contribution in [0.4, 0.5) is 0 Å². The number of unbranched alkanes of at least 4 members (excludes halogenated alkanes) is 4. The third kappa shape index (κ3) is 5.85. The monoisotopic (exact) mass is 334 g/mol. The van der Waals surface area contributed by atoms with E-state index in [2.05, 4.69) is 11.8 Å². The van der Waals surface area contributed by atoms with Gasteiger partial charge < -0.3 is 5.11 Å². The maximum Gasteiger partial charge on any atom is 0.323 e. The van der Waals surface area contributed by atoms with Crippen molar-refractivity contribution >= 4 is 16.0 Å². The highest BCUT2D eigenvalue weighted by molar-refractivity contribution is 7.89. The second kappa shape index (κ2) is 9.47. The van der Waals surface area contributed by atoms with E-state index < -0.39 is 22.0 Å². The highest BCUT2D eigenvalue weighted by atomic mass is 32.2. The average molecular weight is 334 g/mol. The van der Waals surface area contributed by atoms with Crippen molar-refractivity contribution in [1.29, 1.82) is 0 Å². The molecule has 1 unspecified atom stereocenters. The predicted molar refractivity (Wildman–Crippen MR) is 87.4 cm³/mol. The van der Waals surface area contributed by atoms with Gasteiger partial charge in [-0.2, -0.15) is 4.31 Å². The molecule has 0 aliphatic carbocycles. The normalized spacial score (nSPS) is 21.1. The summed E-state index contributed by atoms with van der Waals surface area (Å²) < 4.78 is 25.8. The Hall–Kier alpha value is -0.660. The van der Waals surface area contributed by atoms with Crippen LogP contribution in [0.1, 0.15) is 52.4 Å². The van der Waals surface area contributed by atoms with E-state index in [-0.39, 0.29) is 12.3 Å². The van der Waals surface area contributed by atoms with Gasteiger partial charge in [-0.15, -0.1) is 0 Å². The molecule has 1 atom stereocenters. The maximum atomic E-state index is 12.3. The molecule has 0 aromatic heterocycles. The Morgan fingerprint density at radius 3 is 2.36 bits per heavy atom. The van der Waals surface area contributed by atoms with Gasteiger partial charge in [0.2, 0.25) is 10.0 Å². The number of hydrogen-bond acceptors (Lipinski definition) is 4. The lowest BCUT2D eigenvalue weighted by molar-refractivity contribution is -0.143. The summed E-state index contributed by atoms with van der Waals surface area (Å²) in [5.41, 5.74) is 0. The predicted octanol–water partition coefficient (Wildman–Crippen LogP) is 1.77. The zero-order valence-corrected chi connectivity index (χ0v) is 14.6. The van der Waals surface area contributed by atoms with Crippen LogP contribution >= 0.6 is 0 Å². The van der Waals surface area contributed by atoms with Crippen LogP contribution in [0.25, 0.3) is 0 Å². The first-order chi connectivity index (χ1) is 10.4. The number of hydrogen-bond donors (Lipinski definition) is 1. The van der Waals surface area contributed by atoms with Crippen molar-refractivity contribution in [2.75, 3.05) is 31.9 Å². The number of aliphatic carboxylic acids is 1. The van der Waals surface area contributed by atoms with Gasteiger partial charge >= 0.3 is 5.97 Å². The highest BCUT2D eigenvalue weighted by Gasteiger charge is 2.38. The van der Waals surface area contributed by atoms with Crippen molar-refractivity contribution in [3.05, 3.63) is 0 Å². The smallest absolute Gasteiger partial charge is 0.323 e. The molecule has 1 heterocycles. The number of rotatable bonds is 10. The summed E-state index contributed by atoms with van der Waals surface area (Å²) in [7, 11) is -3.47. The Labute approximate surface area is 134 Å². The zero-order valence-electron chi connectivity index (χ0n) is 13.8. The van der Waals surface area contributed by atoms with Crippen LogP contribution in [0.2, 0.25) is 0 Å². The van der Waals surface area contributed by atoms with Gasteiger partial charge in [0.15, 0.2) is 0 Å². The summed E-state index contributed by atoms with van der Waals surface area (Å²) in [6.45, 7) is 6.15. The first-order valence-electron chi connectivity index (χ1n) is 8.37. The zero-order chi connectivity index (χ0) is 16.6. The molecule has 0 amide bonds. The van der Waals surface area contributed by atoms with E-state index in [1.54, 1.807) is 0 Å². The summed E-state index contributed by atoms with van der Waals surface area (Å²) in [6.07, 6.45) is 5.90. The molecular weight excluding hydrogens is 304 g/mol. The Balaban J connectivity index is 2.62. The van der Waals surface area contributed by atoms with E-state index in [4.69, 9.17) is 0 Å². The first kappa shape index (κ1) is 19.4. The molecule has 7 heteroatoms. The van der Waals surface area contributed by atoms with Gasteiger partial charge in [0.25, 0.3) is 0 Å². The van der Waals surface area contributed by atoms with Gasteiger partial charge in [0, 0.05) is 19.6 Å². The second-order valence-corrected chi connectivity index (χ2v) is 8.04. The van der Waals surface area contributed by atoms with Crippen LogP contribution in [-0.2, 0) is 14.8 Å². The number of piperazine rings is 1. The molecule has 6 nitrogen and oxygen atoms in total. The van der Waals surface area contributed by atoms with Crippen molar-refractivity contribution in [2.24, 2.45) is 0 Å². The van der Waals surface area contributed by atoms with Crippen LogP contribution in [0.3, 0.4) is 0 Å². The molecule has 130 valence electrons. The number of carboxylic acid groups (broad SMARTS) is 1. The van der Waals surface area contributed by atoms with Crippen molar-refractivity contribution < 1.29 is 18.3 Å². The van der Waals surface area contributed by atoms with Crippen molar-refractivity contribution in [1.82, 2.24) is 9.21 Å². The van der Waals surface area contributed by atoms with Crippen LogP contribution in [0.5, 0.6) is 0 Å². The lowest BCUT2D eigenvalue weighted by Gasteiger charge is -2.38. The van der Waals surface area contributed by atoms with Gasteiger partial charge in [-0.3, -0.25) is 9.69 Å². The van der Waals surface area contributed by atoms with Gasteiger partial charge in [-0.1, -0.05) is 39.5 Å². The third-order valence-electron chi connectivity index (χ3n) is 4.14. The minimum atomic E-state index is -3.47. The van der Waals surface area contributed by atoms with Gasteiger partial charge in [-0.25, -0.2) is 8.42 Å². The lowest BCUT2D eigenvalue weighted by Crippen LogP contribution is -2.58. The molecule has 0 aromatic carbocycles. The van der Waals surface area contributed by atoms with Gasteiger partial charge in [-0.05, 0) is 19.4 Å². The minimum absolute atomic E-state index is 0.0454. The Bertz CT molecular complexity index is 439. The molecular formula is C15H30N2O4S. The maximum absolute atomic E-state index is 12.3. The molecule has 0 spiro atoms. The average Bonchev–Trinajstić information content (AvgIpc) is 2.49.